The lowest BCUT2D eigenvalue weighted by Crippen LogP contribution is -2.30. The SMILES string of the molecule is COc1ccc(B(O)O)cc1C(C)=O. The van der Waals surface area contributed by atoms with E-state index in [-0.39, 0.29) is 11.2 Å². The number of carbonyl (C=O) groups is 1. The van der Waals surface area contributed by atoms with Crippen LogP contribution in [0, 0.1) is 0 Å². The van der Waals surface area contributed by atoms with E-state index in [0.717, 1.165) is 0 Å². The minimum absolute atomic E-state index is 0.177. The van der Waals surface area contributed by atoms with Crippen molar-refractivity contribution >= 4 is 18.4 Å². The number of rotatable bonds is 3. The second kappa shape index (κ2) is 4.26. The van der Waals surface area contributed by atoms with Gasteiger partial charge in [0.25, 0.3) is 0 Å². The minimum Gasteiger partial charge on any atom is -0.496 e. The van der Waals surface area contributed by atoms with Crippen LogP contribution in [0.15, 0.2) is 18.2 Å². The van der Waals surface area contributed by atoms with Gasteiger partial charge in [-0.3, -0.25) is 4.79 Å². The maximum absolute atomic E-state index is 11.2. The first kappa shape index (κ1) is 10.8. The van der Waals surface area contributed by atoms with Crippen LogP contribution in [-0.2, 0) is 0 Å². The Labute approximate surface area is 82.3 Å². The van der Waals surface area contributed by atoms with Crippen molar-refractivity contribution in [3.8, 4) is 5.75 Å². The second-order valence-electron chi connectivity index (χ2n) is 2.89. The molecule has 0 heterocycles. The quantitative estimate of drug-likeness (QED) is 0.506. The molecule has 1 aromatic rings. The normalized spacial score (nSPS) is 9.71. The summed E-state index contributed by atoms with van der Waals surface area (Å²) in [6.45, 7) is 1.39. The van der Waals surface area contributed by atoms with Crippen LogP contribution in [0.4, 0.5) is 0 Å². The van der Waals surface area contributed by atoms with Crippen LogP contribution in [-0.4, -0.2) is 30.1 Å². The van der Waals surface area contributed by atoms with Gasteiger partial charge in [0.1, 0.15) is 5.75 Å². The molecule has 1 aromatic carbocycles. The second-order valence-corrected chi connectivity index (χ2v) is 2.89. The molecular formula is C9H11BO4. The van der Waals surface area contributed by atoms with E-state index in [2.05, 4.69) is 0 Å². The molecule has 0 fully saturated rings. The van der Waals surface area contributed by atoms with Gasteiger partial charge >= 0.3 is 7.12 Å². The summed E-state index contributed by atoms with van der Waals surface area (Å²) in [5, 5.41) is 17.8. The highest BCUT2D eigenvalue weighted by molar-refractivity contribution is 6.58. The van der Waals surface area contributed by atoms with E-state index in [1.54, 1.807) is 0 Å². The standard InChI is InChI=1S/C9H11BO4/c1-6(11)8-5-7(10(12)13)3-4-9(8)14-2/h3-5,12-13H,1-2H3. The summed E-state index contributed by atoms with van der Waals surface area (Å²) >= 11 is 0. The van der Waals surface area contributed by atoms with E-state index in [4.69, 9.17) is 14.8 Å². The Kier molecular flexibility index (Phi) is 3.27. The van der Waals surface area contributed by atoms with Crippen molar-refractivity contribution in [3.63, 3.8) is 0 Å². The lowest BCUT2D eigenvalue weighted by atomic mass is 9.79. The van der Waals surface area contributed by atoms with Crippen molar-refractivity contribution in [1.82, 2.24) is 0 Å². The maximum atomic E-state index is 11.2. The van der Waals surface area contributed by atoms with Gasteiger partial charge in [0, 0.05) is 0 Å². The molecule has 0 spiro atoms. The molecule has 0 aliphatic heterocycles. The van der Waals surface area contributed by atoms with Crippen LogP contribution in [0.5, 0.6) is 5.75 Å². The van der Waals surface area contributed by atoms with Gasteiger partial charge in [-0.2, -0.15) is 0 Å². The Hall–Kier alpha value is -1.33. The number of carbonyl (C=O) groups excluding carboxylic acids is 1. The zero-order valence-corrected chi connectivity index (χ0v) is 8.02. The molecule has 1 rings (SSSR count). The van der Waals surface area contributed by atoms with E-state index < -0.39 is 7.12 Å². The summed E-state index contributed by atoms with van der Waals surface area (Å²) in [5.41, 5.74) is 0.620. The average molecular weight is 194 g/mol. The zero-order valence-electron chi connectivity index (χ0n) is 8.02. The van der Waals surface area contributed by atoms with Gasteiger partial charge in [-0.1, -0.05) is 6.07 Å². The third-order valence-electron chi connectivity index (χ3n) is 1.90. The van der Waals surface area contributed by atoms with Crippen molar-refractivity contribution in [1.29, 1.82) is 0 Å². The van der Waals surface area contributed by atoms with E-state index in [9.17, 15) is 4.79 Å². The number of hydrogen-bond donors (Lipinski definition) is 2. The summed E-state index contributed by atoms with van der Waals surface area (Å²) in [6.07, 6.45) is 0. The Bertz CT molecular complexity index is 349. The molecule has 14 heavy (non-hydrogen) atoms. The molecule has 0 bridgehead atoms. The molecule has 74 valence electrons. The Balaban J connectivity index is 3.21. The highest BCUT2D eigenvalue weighted by atomic mass is 16.5. The lowest BCUT2D eigenvalue weighted by Gasteiger charge is -2.07. The van der Waals surface area contributed by atoms with Crippen LogP contribution in [0.2, 0.25) is 0 Å². The van der Waals surface area contributed by atoms with Gasteiger partial charge in [0.15, 0.2) is 5.78 Å². The molecule has 5 heteroatoms. The van der Waals surface area contributed by atoms with Gasteiger partial charge < -0.3 is 14.8 Å². The summed E-state index contributed by atoms with van der Waals surface area (Å²) in [4.78, 5) is 11.2. The third-order valence-corrected chi connectivity index (χ3v) is 1.90. The predicted molar refractivity (Wildman–Crippen MR) is 52.8 cm³/mol. The number of Topliss-reactive ketones (excluding diaryl/α,β-unsaturated/α-hetero) is 1. The first-order valence-corrected chi connectivity index (χ1v) is 4.11. The van der Waals surface area contributed by atoms with Crippen LogP contribution >= 0.6 is 0 Å². The van der Waals surface area contributed by atoms with Crippen molar-refractivity contribution in [2.75, 3.05) is 7.11 Å². The molecule has 0 atom stereocenters. The van der Waals surface area contributed by atoms with Crippen LogP contribution in [0.25, 0.3) is 0 Å². The fourth-order valence-corrected chi connectivity index (χ4v) is 1.16. The predicted octanol–water partition coefficient (Wildman–Crippen LogP) is -0.422. The number of benzene rings is 1. The molecule has 0 saturated carbocycles. The topological polar surface area (TPSA) is 66.8 Å². The highest BCUT2D eigenvalue weighted by Gasteiger charge is 2.15. The lowest BCUT2D eigenvalue weighted by molar-refractivity contribution is 0.101. The van der Waals surface area contributed by atoms with Gasteiger partial charge in [-0.25, -0.2) is 0 Å². The molecule has 0 amide bonds. The largest absolute Gasteiger partial charge is 0.496 e. The monoisotopic (exact) mass is 194 g/mol. The first-order chi connectivity index (χ1) is 6.56. The van der Waals surface area contributed by atoms with Crippen molar-refractivity contribution < 1.29 is 19.6 Å². The number of ketones is 1. The van der Waals surface area contributed by atoms with Gasteiger partial charge in [0.05, 0.1) is 12.7 Å². The Morgan fingerprint density at radius 1 is 1.43 bits per heavy atom. The van der Waals surface area contributed by atoms with Gasteiger partial charge in [-0.15, -0.1) is 0 Å². The van der Waals surface area contributed by atoms with E-state index in [0.29, 0.717) is 11.3 Å². The Morgan fingerprint density at radius 3 is 2.50 bits per heavy atom. The fourth-order valence-electron chi connectivity index (χ4n) is 1.16. The van der Waals surface area contributed by atoms with Gasteiger partial charge in [0.2, 0.25) is 0 Å². The molecule has 0 aliphatic rings. The summed E-state index contributed by atoms with van der Waals surface area (Å²) in [5.74, 6) is 0.256. The molecule has 0 radical (unpaired) electrons. The number of hydrogen-bond acceptors (Lipinski definition) is 4. The maximum Gasteiger partial charge on any atom is 0.488 e. The van der Waals surface area contributed by atoms with Crippen LogP contribution in [0.1, 0.15) is 17.3 Å². The molecule has 0 saturated heterocycles. The van der Waals surface area contributed by atoms with Crippen molar-refractivity contribution in [2.24, 2.45) is 0 Å². The van der Waals surface area contributed by atoms with E-state index in [1.165, 1.54) is 32.2 Å². The van der Waals surface area contributed by atoms with E-state index in [1.807, 2.05) is 0 Å². The number of ether oxygens (including phenoxy) is 1. The smallest absolute Gasteiger partial charge is 0.488 e. The van der Waals surface area contributed by atoms with Crippen molar-refractivity contribution in [2.45, 2.75) is 6.92 Å². The highest BCUT2D eigenvalue weighted by Crippen LogP contribution is 2.16. The first-order valence-electron chi connectivity index (χ1n) is 4.11. The summed E-state index contributed by atoms with van der Waals surface area (Å²) in [6, 6.07) is 4.44. The zero-order chi connectivity index (χ0) is 10.7. The van der Waals surface area contributed by atoms with Crippen LogP contribution in [0.3, 0.4) is 0 Å². The molecular weight excluding hydrogens is 183 g/mol. The average Bonchev–Trinajstić information content (AvgIpc) is 2.16. The molecule has 2 N–H and O–H groups in total. The Morgan fingerprint density at radius 2 is 2.07 bits per heavy atom. The molecule has 0 unspecified atom stereocenters. The summed E-state index contributed by atoms with van der Waals surface area (Å²) in [7, 11) is -0.115. The minimum atomic E-state index is -1.57. The fraction of sp³-hybridized carbons (Fsp3) is 0.222. The molecule has 0 aromatic heterocycles. The number of methoxy groups -OCH3 is 1. The van der Waals surface area contributed by atoms with Crippen molar-refractivity contribution in [3.05, 3.63) is 23.8 Å². The van der Waals surface area contributed by atoms with E-state index >= 15 is 0 Å². The molecule has 0 aliphatic carbocycles. The van der Waals surface area contributed by atoms with Crippen LogP contribution < -0.4 is 10.2 Å². The third kappa shape index (κ3) is 2.13. The van der Waals surface area contributed by atoms with Gasteiger partial charge in [-0.05, 0) is 24.5 Å². The summed E-state index contributed by atoms with van der Waals surface area (Å²) < 4.78 is 4.96. The molecule has 4 nitrogen and oxygen atoms in total.